The van der Waals surface area contributed by atoms with Gasteiger partial charge in [0.2, 0.25) is 0 Å². The number of hydrogen-bond donors (Lipinski definition) is 0. The molecule has 2 rings (SSSR count). The number of allylic oxidation sites excluding steroid dienone is 7. The maximum absolute atomic E-state index is 5.74. The van der Waals surface area contributed by atoms with Gasteiger partial charge < -0.3 is 19.3 Å². The van der Waals surface area contributed by atoms with Gasteiger partial charge in [-0.1, -0.05) is 6.42 Å². The van der Waals surface area contributed by atoms with Crippen LogP contribution in [0.25, 0.3) is 0 Å². The number of halogens is 2. The van der Waals surface area contributed by atoms with Crippen molar-refractivity contribution in [1.29, 1.82) is 0 Å². The van der Waals surface area contributed by atoms with E-state index in [0.29, 0.717) is 0 Å². The molecule has 6 heteroatoms. The molecule has 0 heterocycles. The zero-order chi connectivity index (χ0) is 14.6. The van der Waals surface area contributed by atoms with Crippen molar-refractivity contribution < 1.29 is 27.8 Å². The molecular weight excluding hydrogens is 438 g/mol. The molecular formula is C17H32Cl2OSi2Zr-4. The Balaban J connectivity index is -0.0000000850. The van der Waals surface area contributed by atoms with Crippen molar-refractivity contribution >= 4 is 40.0 Å². The third-order valence-electron chi connectivity index (χ3n) is 2.28. The molecule has 0 saturated carbocycles. The van der Waals surface area contributed by atoms with Crippen LogP contribution in [0.1, 0.15) is 19.3 Å². The summed E-state index contributed by atoms with van der Waals surface area (Å²) in [6, 6.07) is 0. The molecule has 23 heavy (non-hydrogen) atoms. The molecule has 0 aromatic carbocycles. The predicted molar refractivity (Wildman–Crippen MR) is 112 cm³/mol. The van der Waals surface area contributed by atoms with Gasteiger partial charge in [-0.2, -0.15) is 17.7 Å². The van der Waals surface area contributed by atoms with E-state index in [1.165, 1.54) is 5.57 Å². The van der Waals surface area contributed by atoms with Crippen LogP contribution >= 0.6 is 24.8 Å². The molecule has 0 atom stereocenters. The minimum atomic E-state index is -1.29. The summed E-state index contributed by atoms with van der Waals surface area (Å²) in [4.78, 5) is 0. The topological polar surface area (TPSA) is 9.23 Å². The Morgan fingerprint density at radius 1 is 1.13 bits per heavy atom. The van der Waals surface area contributed by atoms with E-state index in [1.807, 2.05) is 19.0 Å². The van der Waals surface area contributed by atoms with E-state index in [2.05, 4.69) is 50.0 Å². The first-order valence-corrected chi connectivity index (χ1v) is 15.9. The van der Waals surface area contributed by atoms with E-state index >= 15 is 0 Å². The Morgan fingerprint density at radius 2 is 1.74 bits per heavy atom. The van der Waals surface area contributed by atoms with Gasteiger partial charge in [0.25, 0.3) is 0 Å². The molecule has 2 aliphatic carbocycles. The minimum absolute atomic E-state index is 0. The normalized spacial score (nSPS) is 12.7. The van der Waals surface area contributed by atoms with Gasteiger partial charge >= 0.3 is 30.2 Å². The molecule has 0 amide bonds. The van der Waals surface area contributed by atoms with E-state index in [9.17, 15) is 0 Å². The molecule has 0 spiro atoms. The van der Waals surface area contributed by atoms with Crippen LogP contribution in [0.15, 0.2) is 36.0 Å². The summed E-state index contributed by atoms with van der Waals surface area (Å²) in [6.07, 6.45) is 19.5. The van der Waals surface area contributed by atoms with Crippen LogP contribution in [0.4, 0.5) is 0 Å². The van der Waals surface area contributed by atoms with Crippen molar-refractivity contribution in [1.82, 2.24) is 0 Å². The van der Waals surface area contributed by atoms with Gasteiger partial charge in [-0.3, -0.25) is 12.2 Å². The van der Waals surface area contributed by atoms with Crippen LogP contribution in [0.5, 0.6) is 0 Å². The molecule has 2 aliphatic rings. The average molecular weight is 471 g/mol. The first kappa shape index (κ1) is 35.0. The first-order valence-electron chi connectivity index (χ1n) is 6.54. The van der Waals surface area contributed by atoms with Crippen molar-refractivity contribution in [3.63, 3.8) is 0 Å². The summed E-state index contributed by atoms with van der Waals surface area (Å²) in [6.45, 7) is 9.49. The summed E-state index contributed by atoms with van der Waals surface area (Å²) in [5.74, 6) is 0. The molecule has 0 saturated heterocycles. The average Bonchev–Trinajstić information content (AvgIpc) is 3.06. The summed E-state index contributed by atoms with van der Waals surface area (Å²) >= 11 is 1.58. The van der Waals surface area contributed by atoms with Crippen LogP contribution < -0.4 is 0 Å². The van der Waals surface area contributed by atoms with E-state index in [4.69, 9.17) is 4.43 Å². The van der Waals surface area contributed by atoms with Crippen molar-refractivity contribution in [2.75, 3.05) is 6.61 Å². The second-order valence-corrected chi connectivity index (χ2v) is 9.56. The van der Waals surface area contributed by atoms with Crippen molar-refractivity contribution in [2.24, 2.45) is 0 Å². The summed E-state index contributed by atoms with van der Waals surface area (Å²) in [7, 11) is -1.29. The van der Waals surface area contributed by atoms with Crippen molar-refractivity contribution in [3.8, 4) is 0 Å². The molecule has 1 nitrogen and oxygen atoms in total. The van der Waals surface area contributed by atoms with Gasteiger partial charge in [0.05, 0.1) is 0 Å². The van der Waals surface area contributed by atoms with Crippen LogP contribution in [0.2, 0.25) is 19.6 Å². The van der Waals surface area contributed by atoms with Gasteiger partial charge in [-0.15, -0.1) is 37.7 Å². The molecule has 0 aliphatic heterocycles. The molecule has 136 valence electrons. The van der Waals surface area contributed by atoms with Gasteiger partial charge in [-0.05, 0) is 19.6 Å². The van der Waals surface area contributed by atoms with Crippen LogP contribution in [-0.4, -0.2) is 21.8 Å². The Bertz CT molecular complexity index is 352. The Kier molecular flexibility index (Phi) is 34.7. The third kappa shape index (κ3) is 25.2. The van der Waals surface area contributed by atoms with Gasteiger partial charge in [0.15, 0.2) is 8.32 Å². The Hall–Kier alpha value is 0.817. The van der Waals surface area contributed by atoms with E-state index in [1.54, 1.807) is 23.3 Å². The monoisotopic (exact) mass is 468 g/mol. The van der Waals surface area contributed by atoms with Crippen LogP contribution in [-0.2, 0) is 27.8 Å². The van der Waals surface area contributed by atoms with Crippen LogP contribution in [0.3, 0.4) is 0 Å². The molecule has 0 aromatic rings. The fourth-order valence-electron chi connectivity index (χ4n) is 1.43. The second kappa shape index (κ2) is 22.8. The second-order valence-electron chi connectivity index (χ2n) is 5.05. The van der Waals surface area contributed by atoms with Crippen LogP contribution in [0, 0.1) is 27.0 Å². The van der Waals surface area contributed by atoms with Gasteiger partial charge in [0, 0.05) is 6.61 Å². The molecule has 0 fully saturated rings. The fraction of sp³-hybridized carbons (Fsp3) is 0.412. The molecule has 0 N–H and O–H groups in total. The standard InChI is InChI=1S/C10H17OSi.C5H5.2CH3.2ClH.H2Si.Zr/c1-12(2,3)11-9-8-10-6-4-5-7-10;1-2-4-5-3-1;;;;;;/h6-7H,4,8-9H2,1-3H3;1-3H,4H2;2*1H3;2*1H;1H2;/q4*-1;;;;. The summed E-state index contributed by atoms with van der Waals surface area (Å²) in [5.41, 5.74) is 1.38. The van der Waals surface area contributed by atoms with E-state index in [-0.39, 0.29) is 39.7 Å². The first-order chi connectivity index (χ1) is 9.08. The third-order valence-corrected chi connectivity index (χ3v) is 3.35. The Morgan fingerprint density at radius 3 is 2.04 bits per heavy atom. The molecule has 0 radical (unpaired) electrons. The molecule has 0 bridgehead atoms. The van der Waals surface area contributed by atoms with E-state index < -0.39 is 8.32 Å². The molecule has 0 unspecified atom stereocenters. The number of hydrogen-bond acceptors (Lipinski definition) is 1. The quantitative estimate of drug-likeness (QED) is 0.413. The van der Waals surface area contributed by atoms with Crippen molar-refractivity contribution in [3.05, 3.63) is 63.0 Å². The maximum atomic E-state index is 5.74. The van der Waals surface area contributed by atoms with Gasteiger partial charge in [-0.25, -0.2) is 18.2 Å². The zero-order valence-electron chi connectivity index (χ0n) is 15.1. The summed E-state index contributed by atoms with van der Waals surface area (Å²) < 4.78 is 5.74. The SMILES string of the molecule is C[Si](C)(C)OCCC1=CC[C-]=C1.Cl.Cl.[C-]1=CC=CC1.[CH3-].[CH3-].[SiH2]=[Zr]. The Labute approximate surface area is 175 Å². The number of rotatable bonds is 4. The fourth-order valence-corrected chi connectivity index (χ4v) is 2.14. The molecule has 0 aromatic heterocycles. The van der Waals surface area contributed by atoms with Crippen molar-refractivity contribution in [2.45, 2.75) is 38.9 Å². The van der Waals surface area contributed by atoms with Gasteiger partial charge in [0.1, 0.15) is 0 Å². The predicted octanol–water partition coefficient (Wildman–Crippen LogP) is 5.05. The van der Waals surface area contributed by atoms with E-state index in [0.717, 1.165) is 25.9 Å². The zero-order valence-corrected chi connectivity index (χ0v) is 21.7. The summed E-state index contributed by atoms with van der Waals surface area (Å²) in [5, 5.41) is 0.